The van der Waals surface area contributed by atoms with Crippen LogP contribution in [0.5, 0.6) is 0 Å². The maximum absolute atomic E-state index is 12.4. The van der Waals surface area contributed by atoms with Gasteiger partial charge in [-0.1, -0.05) is 24.3 Å². The minimum atomic E-state index is -0.165. The van der Waals surface area contributed by atoms with E-state index in [9.17, 15) is 9.59 Å². The second-order valence-electron chi connectivity index (χ2n) is 6.26. The Hall–Kier alpha value is -2.96. The number of rotatable bonds is 8. The van der Waals surface area contributed by atoms with Gasteiger partial charge in [-0.25, -0.2) is 0 Å². The zero-order valence-corrected chi connectivity index (χ0v) is 16.4. The van der Waals surface area contributed by atoms with E-state index in [0.717, 1.165) is 16.7 Å². The molecule has 0 saturated carbocycles. The Balaban J connectivity index is 1.55. The van der Waals surface area contributed by atoms with Crippen LogP contribution in [0.1, 0.15) is 15.9 Å². The lowest BCUT2D eigenvalue weighted by Crippen LogP contribution is -2.28. The first kappa shape index (κ1) is 19.8. The van der Waals surface area contributed by atoms with Crippen molar-refractivity contribution in [1.82, 2.24) is 5.32 Å². The lowest BCUT2D eigenvalue weighted by Gasteiger charge is -2.08. The third kappa shape index (κ3) is 5.52. The number of thiophene rings is 1. The summed E-state index contributed by atoms with van der Waals surface area (Å²) < 4.78 is 4.90. The molecule has 2 amide bonds. The highest BCUT2D eigenvalue weighted by Gasteiger charge is 2.08. The van der Waals surface area contributed by atoms with Gasteiger partial charge in [-0.2, -0.15) is 11.3 Å². The Bertz CT molecular complexity index is 904. The van der Waals surface area contributed by atoms with Crippen LogP contribution in [0.25, 0.3) is 11.1 Å². The van der Waals surface area contributed by atoms with Gasteiger partial charge >= 0.3 is 0 Å². The Morgan fingerprint density at radius 1 is 0.964 bits per heavy atom. The monoisotopic (exact) mass is 394 g/mol. The van der Waals surface area contributed by atoms with Gasteiger partial charge in [0.05, 0.1) is 13.0 Å². The van der Waals surface area contributed by atoms with Crippen molar-refractivity contribution in [3.8, 4) is 11.1 Å². The number of hydrogen-bond acceptors (Lipinski definition) is 4. The van der Waals surface area contributed by atoms with Crippen LogP contribution in [0.15, 0.2) is 65.4 Å². The number of anilines is 1. The minimum absolute atomic E-state index is 0.0560. The molecule has 1 heterocycles. The molecule has 0 radical (unpaired) electrons. The average molecular weight is 394 g/mol. The first-order valence-corrected chi connectivity index (χ1v) is 9.88. The summed E-state index contributed by atoms with van der Waals surface area (Å²) in [6, 6.07) is 16.9. The number of carbonyl (C=O) groups excluding carboxylic acids is 2. The molecule has 5 nitrogen and oxygen atoms in total. The number of nitrogens with one attached hydrogen (secondary N) is 2. The summed E-state index contributed by atoms with van der Waals surface area (Å²) in [5.74, 6) is -0.221. The van der Waals surface area contributed by atoms with Crippen LogP contribution in [0, 0.1) is 0 Å². The van der Waals surface area contributed by atoms with Gasteiger partial charge in [-0.05, 0) is 57.8 Å². The first-order chi connectivity index (χ1) is 13.7. The second kappa shape index (κ2) is 9.82. The summed E-state index contributed by atoms with van der Waals surface area (Å²) in [4.78, 5) is 24.2. The molecular formula is C22H22N2O3S. The van der Waals surface area contributed by atoms with Gasteiger partial charge < -0.3 is 15.4 Å². The van der Waals surface area contributed by atoms with E-state index in [2.05, 4.69) is 22.1 Å². The Labute approximate surface area is 168 Å². The van der Waals surface area contributed by atoms with Crippen molar-refractivity contribution in [1.29, 1.82) is 0 Å². The lowest BCUT2D eigenvalue weighted by atomic mass is 10.1. The Morgan fingerprint density at radius 2 is 1.71 bits per heavy atom. The van der Waals surface area contributed by atoms with Crippen molar-refractivity contribution in [2.75, 3.05) is 25.6 Å². The minimum Gasteiger partial charge on any atom is -0.383 e. The molecule has 0 unspecified atom stereocenters. The third-order valence-electron chi connectivity index (χ3n) is 4.21. The van der Waals surface area contributed by atoms with E-state index >= 15 is 0 Å². The average Bonchev–Trinajstić information content (AvgIpc) is 3.25. The van der Waals surface area contributed by atoms with Crippen LogP contribution in [-0.4, -0.2) is 32.1 Å². The molecule has 0 spiro atoms. The van der Waals surface area contributed by atoms with Gasteiger partial charge in [0.2, 0.25) is 5.91 Å². The largest absolute Gasteiger partial charge is 0.383 e. The fourth-order valence-electron chi connectivity index (χ4n) is 2.69. The predicted octanol–water partition coefficient (Wildman–Crippen LogP) is 3.97. The first-order valence-electron chi connectivity index (χ1n) is 8.94. The number of carbonyl (C=O) groups is 2. The Morgan fingerprint density at radius 3 is 2.36 bits per heavy atom. The maximum atomic E-state index is 12.4. The van der Waals surface area contributed by atoms with Crippen LogP contribution in [0.3, 0.4) is 0 Å². The highest BCUT2D eigenvalue weighted by Crippen LogP contribution is 2.22. The topological polar surface area (TPSA) is 67.4 Å². The van der Waals surface area contributed by atoms with Crippen LogP contribution in [-0.2, 0) is 16.0 Å². The summed E-state index contributed by atoms with van der Waals surface area (Å²) in [5.41, 5.74) is 4.41. The van der Waals surface area contributed by atoms with Crippen molar-refractivity contribution < 1.29 is 14.3 Å². The van der Waals surface area contributed by atoms with Crippen molar-refractivity contribution >= 4 is 28.8 Å². The smallest absolute Gasteiger partial charge is 0.255 e. The summed E-state index contributed by atoms with van der Waals surface area (Å²) in [6.45, 7) is 0.986. The van der Waals surface area contributed by atoms with Crippen LogP contribution < -0.4 is 10.6 Å². The lowest BCUT2D eigenvalue weighted by molar-refractivity contribution is -0.120. The number of ether oxygens (including phenoxy) is 1. The van der Waals surface area contributed by atoms with Gasteiger partial charge in [-0.3, -0.25) is 9.59 Å². The van der Waals surface area contributed by atoms with Gasteiger partial charge in [0, 0.05) is 24.9 Å². The van der Waals surface area contributed by atoms with Crippen molar-refractivity contribution in [3.63, 3.8) is 0 Å². The molecule has 0 aliphatic heterocycles. The number of amides is 2. The van der Waals surface area contributed by atoms with Crippen molar-refractivity contribution in [2.45, 2.75) is 6.42 Å². The highest BCUT2D eigenvalue weighted by molar-refractivity contribution is 7.08. The van der Waals surface area contributed by atoms with Crippen LogP contribution in [0.4, 0.5) is 5.69 Å². The Kier molecular flexibility index (Phi) is 6.94. The zero-order valence-electron chi connectivity index (χ0n) is 15.6. The molecule has 3 rings (SSSR count). The van der Waals surface area contributed by atoms with Gasteiger partial charge in [0.1, 0.15) is 0 Å². The zero-order chi connectivity index (χ0) is 19.8. The molecule has 0 aliphatic rings. The quantitative estimate of drug-likeness (QED) is 0.568. The number of methoxy groups -OCH3 is 1. The van der Waals surface area contributed by atoms with E-state index in [1.165, 1.54) is 0 Å². The van der Waals surface area contributed by atoms with Gasteiger partial charge in [0.15, 0.2) is 0 Å². The molecule has 3 aromatic rings. The van der Waals surface area contributed by atoms with E-state index in [-0.39, 0.29) is 11.8 Å². The van der Waals surface area contributed by atoms with E-state index in [1.807, 2.05) is 41.8 Å². The number of benzene rings is 2. The van der Waals surface area contributed by atoms with Crippen molar-refractivity contribution in [3.05, 3.63) is 76.5 Å². The summed E-state index contributed by atoms with van der Waals surface area (Å²) >= 11 is 1.65. The molecule has 2 aromatic carbocycles. The SMILES string of the molecule is COCCNC(=O)Cc1ccc(NC(=O)c2ccc(-c3ccsc3)cc2)cc1. The molecule has 6 heteroatoms. The van der Waals surface area contributed by atoms with E-state index in [0.29, 0.717) is 30.8 Å². The molecule has 1 aromatic heterocycles. The molecule has 2 N–H and O–H groups in total. The molecule has 0 saturated heterocycles. The highest BCUT2D eigenvalue weighted by atomic mass is 32.1. The fraction of sp³-hybridized carbons (Fsp3) is 0.182. The summed E-state index contributed by atoms with van der Waals surface area (Å²) in [5, 5.41) is 9.77. The second-order valence-corrected chi connectivity index (χ2v) is 7.04. The van der Waals surface area contributed by atoms with Gasteiger partial charge in [-0.15, -0.1) is 0 Å². The molecule has 0 bridgehead atoms. The molecule has 0 atom stereocenters. The molecule has 28 heavy (non-hydrogen) atoms. The van der Waals surface area contributed by atoms with Crippen LogP contribution >= 0.6 is 11.3 Å². The normalized spacial score (nSPS) is 10.5. The van der Waals surface area contributed by atoms with E-state index in [1.54, 1.807) is 30.6 Å². The standard InChI is InChI=1S/C22H22N2O3S/c1-27-12-11-23-21(25)14-16-2-8-20(9-3-16)24-22(26)18-6-4-17(5-7-18)19-10-13-28-15-19/h2-10,13,15H,11-12,14H2,1H3,(H,23,25)(H,24,26). The van der Waals surface area contributed by atoms with Gasteiger partial charge in [0.25, 0.3) is 5.91 Å². The van der Waals surface area contributed by atoms with E-state index in [4.69, 9.17) is 4.74 Å². The summed E-state index contributed by atoms with van der Waals surface area (Å²) in [7, 11) is 1.59. The van der Waals surface area contributed by atoms with Crippen molar-refractivity contribution in [2.24, 2.45) is 0 Å². The molecule has 144 valence electrons. The molecular weight excluding hydrogens is 372 g/mol. The molecule has 0 fully saturated rings. The van der Waals surface area contributed by atoms with Crippen LogP contribution in [0.2, 0.25) is 0 Å². The summed E-state index contributed by atoms with van der Waals surface area (Å²) in [6.07, 6.45) is 0.294. The van der Waals surface area contributed by atoms with E-state index < -0.39 is 0 Å². The predicted molar refractivity (Wildman–Crippen MR) is 113 cm³/mol. The maximum Gasteiger partial charge on any atom is 0.255 e. The fourth-order valence-corrected chi connectivity index (χ4v) is 3.36. The third-order valence-corrected chi connectivity index (χ3v) is 4.89. The molecule has 0 aliphatic carbocycles. The number of hydrogen-bond donors (Lipinski definition) is 2.